The van der Waals surface area contributed by atoms with Gasteiger partial charge >= 0.3 is 0 Å². The van der Waals surface area contributed by atoms with Gasteiger partial charge in [0.1, 0.15) is 6.04 Å². The second-order valence-electron chi connectivity index (χ2n) is 11.8. The van der Waals surface area contributed by atoms with E-state index in [0.29, 0.717) is 25.3 Å². The lowest BCUT2D eigenvalue weighted by Crippen LogP contribution is -2.58. The van der Waals surface area contributed by atoms with Gasteiger partial charge in [-0.15, -0.1) is 0 Å². The molecule has 220 valence electrons. The van der Waals surface area contributed by atoms with Crippen LogP contribution in [-0.2, 0) is 25.7 Å². The van der Waals surface area contributed by atoms with Crippen molar-refractivity contribution in [3.8, 4) is 0 Å². The summed E-state index contributed by atoms with van der Waals surface area (Å²) < 4.78 is 5.94. The maximum Gasteiger partial charge on any atom is 0.255 e. The Hall–Kier alpha value is -3.49. The Kier molecular flexibility index (Phi) is 9.66. The van der Waals surface area contributed by atoms with E-state index in [1.54, 1.807) is 18.7 Å². The molecule has 2 aliphatic rings. The van der Waals surface area contributed by atoms with E-state index in [1.165, 1.54) is 0 Å². The molecule has 1 aliphatic heterocycles. The van der Waals surface area contributed by atoms with Gasteiger partial charge in [-0.25, -0.2) is 0 Å². The highest BCUT2D eigenvalue weighted by Gasteiger charge is 2.50. The molecule has 4 rings (SSSR count). The minimum atomic E-state index is -1.16. The molecule has 3 amide bonds. The van der Waals surface area contributed by atoms with E-state index in [9.17, 15) is 14.4 Å². The molecular weight excluding hydrogens is 516 g/mol. The molecule has 2 aromatic rings. The highest BCUT2D eigenvalue weighted by Crippen LogP contribution is 2.47. The summed E-state index contributed by atoms with van der Waals surface area (Å²) >= 11 is 0. The van der Waals surface area contributed by atoms with Gasteiger partial charge in [-0.05, 0) is 50.3 Å². The molecule has 41 heavy (non-hydrogen) atoms. The Bertz CT molecular complexity index is 1250. The number of benzene rings is 2. The van der Waals surface area contributed by atoms with Crippen molar-refractivity contribution in [1.29, 1.82) is 0 Å². The van der Waals surface area contributed by atoms with E-state index < -0.39 is 23.0 Å². The van der Waals surface area contributed by atoms with E-state index in [-0.39, 0.29) is 18.4 Å². The van der Waals surface area contributed by atoms with Gasteiger partial charge < -0.3 is 25.6 Å². The Morgan fingerprint density at radius 3 is 2.24 bits per heavy atom. The van der Waals surface area contributed by atoms with Crippen LogP contribution < -0.4 is 11.1 Å². The molecule has 1 saturated carbocycles. The zero-order chi connectivity index (χ0) is 29.6. The zero-order valence-corrected chi connectivity index (χ0v) is 24.8. The second kappa shape index (κ2) is 13.0. The van der Waals surface area contributed by atoms with Crippen LogP contribution in [0.2, 0.25) is 0 Å². The Morgan fingerprint density at radius 1 is 1.05 bits per heavy atom. The van der Waals surface area contributed by atoms with Crippen LogP contribution in [-0.4, -0.2) is 71.4 Å². The lowest BCUT2D eigenvalue weighted by atomic mass is 9.75. The quantitative estimate of drug-likeness (QED) is 0.434. The minimum absolute atomic E-state index is 0.000609. The van der Waals surface area contributed by atoms with Crippen molar-refractivity contribution in [2.45, 2.75) is 76.6 Å². The smallest absolute Gasteiger partial charge is 0.255 e. The zero-order valence-electron chi connectivity index (χ0n) is 24.8. The van der Waals surface area contributed by atoms with Gasteiger partial charge in [0.25, 0.3) is 5.91 Å². The van der Waals surface area contributed by atoms with Gasteiger partial charge in [-0.2, -0.15) is 0 Å². The molecule has 8 heteroatoms. The molecule has 3 N–H and O–H groups in total. The van der Waals surface area contributed by atoms with Crippen LogP contribution in [0.1, 0.15) is 64.0 Å². The van der Waals surface area contributed by atoms with Crippen molar-refractivity contribution in [3.05, 3.63) is 77.4 Å². The SMILES string of the molecule is CCN(CC1=C(c2ccccc2)C(=O)N(C)C12CCCCC2)C(=O)[C@@H](COCc1ccccc1)NC(=O)C(C)(C)N. The summed E-state index contributed by atoms with van der Waals surface area (Å²) in [5, 5.41) is 2.84. The molecule has 0 radical (unpaired) electrons. The predicted octanol–water partition coefficient (Wildman–Crippen LogP) is 3.90. The average molecular weight is 561 g/mol. The molecule has 0 saturated heterocycles. The highest BCUT2D eigenvalue weighted by molar-refractivity contribution is 6.23. The normalized spacial score (nSPS) is 17.6. The summed E-state index contributed by atoms with van der Waals surface area (Å²) in [4.78, 5) is 44.4. The van der Waals surface area contributed by atoms with Crippen molar-refractivity contribution in [2.75, 3.05) is 26.7 Å². The first-order valence-electron chi connectivity index (χ1n) is 14.7. The molecule has 1 aliphatic carbocycles. The molecule has 0 unspecified atom stereocenters. The molecule has 1 spiro atoms. The largest absolute Gasteiger partial charge is 0.374 e. The Morgan fingerprint density at radius 2 is 1.66 bits per heavy atom. The number of nitrogens with zero attached hydrogens (tertiary/aromatic N) is 2. The Labute approximate surface area is 243 Å². The van der Waals surface area contributed by atoms with Gasteiger partial charge in [0.05, 0.1) is 29.9 Å². The van der Waals surface area contributed by atoms with E-state index in [0.717, 1.165) is 48.8 Å². The van der Waals surface area contributed by atoms with Gasteiger partial charge in [0.2, 0.25) is 11.8 Å². The summed E-state index contributed by atoms with van der Waals surface area (Å²) in [5.74, 6) is -0.692. The van der Waals surface area contributed by atoms with Crippen LogP contribution in [0.5, 0.6) is 0 Å². The van der Waals surface area contributed by atoms with Crippen LogP contribution in [0.3, 0.4) is 0 Å². The summed E-state index contributed by atoms with van der Waals surface area (Å²) in [5.41, 5.74) is 8.00. The van der Waals surface area contributed by atoms with Crippen molar-refractivity contribution >= 4 is 23.3 Å². The first kappa shape index (κ1) is 30.5. The van der Waals surface area contributed by atoms with Crippen molar-refractivity contribution in [1.82, 2.24) is 15.1 Å². The minimum Gasteiger partial charge on any atom is -0.374 e. The number of nitrogens with one attached hydrogen (secondary N) is 1. The third-order valence-corrected chi connectivity index (χ3v) is 8.39. The summed E-state index contributed by atoms with van der Waals surface area (Å²) in [6.07, 6.45) is 4.93. The number of ether oxygens (including phenoxy) is 1. The molecule has 8 nitrogen and oxygen atoms in total. The molecular formula is C33H44N4O4. The monoisotopic (exact) mass is 560 g/mol. The fraction of sp³-hybridized carbons (Fsp3) is 0.485. The van der Waals surface area contributed by atoms with Gasteiger partial charge in [-0.1, -0.05) is 79.9 Å². The second-order valence-corrected chi connectivity index (χ2v) is 11.8. The number of hydrogen-bond donors (Lipinski definition) is 2. The predicted molar refractivity (Wildman–Crippen MR) is 160 cm³/mol. The molecule has 0 aromatic heterocycles. The third-order valence-electron chi connectivity index (χ3n) is 8.39. The third kappa shape index (κ3) is 6.71. The number of likely N-dealkylation sites (N-methyl/N-ethyl adjacent to an activating group) is 2. The number of carbonyl (C=O) groups is 3. The van der Waals surface area contributed by atoms with Crippen LogP contribution in [0, 0.1) is 0 Å². The summed E-state index contributed by atoms with van der Waals surface area (Å²) in [6.45, 7) is 6.16. The number of carbonyl (C=O) groups excluding carboxylic acids is 3. The van der Waals surface area contributed by atoms with Crippen LogP contribution in [0.15, 0.2) is 66.2 Å². The summed E-state index contributed by atoms with van der Waals surface area (Å²) in [6, 6.07) is 18.5. The first-order valence-corrected chi connectivity index (χ1v) is 14.7. The van der Waals surface area contributed by atoms with Crippen LogP contribution >= 0.6 is 0 Å². The topological polar surface area (TPSA) is 105 Å². The number of amides is 3. The molecule has 1 atom stereocenters. The van der Waals surface area contributed by atoms with Crippen LogP contribution in [0.25, 0.3) is 5.57 Å². The Balaban J connectivity index is 1.65. The average Bonchev–Trinajstić information content (AvgIpc) is 3.16. The number of hydrogen-bond acceptors (Lipinski definition) is 5. The van der Waals surface area contributed by atoms with Crippen molar-refractivity contribution in [3.63, 3.8) is 0 Å². The van der Waals surface area contributed by atoms with E-state index in [1.807, 2.05) is 79.5 Å². The lowest BCUT2D eigenvalue weighted by Gasteiger charge is -2.43. The lowest BCUT2D eigenvalue weighted by molar-refractivity contribution is -0.139. The number of rotatable bonds is 11. The molecule has 2 aromatic carbocycles. The van der Waals surface area contributed by atoms with Gasteiger partial charge in [-0.3, -0.25) is 14.4 Å². The fourth-order valence-corrected chi connectivity index (χ4v) is 5.97. The molecule has 0 bridgehead atoms. The van der Waals surface area contributed by atoms with Crippen molar-refractivity contribution < 1.29 is 19.1 Å². The van der Waals surface area contributed by atoms with E-state index in [4.69, 9.17) is 10.5 Å². The standard InChI is InChI=1S/C33H44N4O4/c1-5-37(29(38)27(35-31(40)32(2,3)34)23-41-22-24-15-9-6-10-16-24)21-26-28(25-17-11-7-12-18-25)30(39)36(4)33(26)19-13-8-14-20-33/h6-7,9-12,15-18,27H,5,8,13-14,19-23,34H2,1-4H3,(H,35,40)/t27-/m1/s1. The first-order chi connectivity index (χ1) is 19.6. The maximum atomic E-state index is 14.1. The van der Waals surface area contributed by atoms with E-state index in [2.05, 4.69) is 5.32 Å². The van der Waals surface area contributed by atoms with Gasteiger partial charge in [0.15, 0.2) is 0 Å². The van der Waals surface area contributed by atoms with Gasteiger partial charge in [0, 0.05) is 20.1 Å². The molecule has 1 heterocycles. The maximum absolute atomic E-state index is 14.1. The van der Waals surface area contributed by atoms with Crippen LogP contribution in [0.4, 0.5) is 0 Å². The fourth-order valence-electron chi connectivity index (χ4n) is 5.97. The summed E-state index contributed by atoms with van der Waals surface area (Å²) in [7, 11) is 1.89. The van der Waals surface area contributed by atoms with Crippen molar-refractivity contribution in [2.24, 2.45) is 5.73 Å². The van der Waals surface area contributed by atoms with E-state index >= 15 is 0 Å². The highest BCUT2D eigenvalue weighted by atomic mass is 16.5. The number of nitrogens with two attached hydrogens (primary N) is 1. The molecule has 1 fully saturated rings.